The summed E-state index contributed by atoms with van der Waals surface area (Å²) in [4.78, 5) is 10.1. The van der Waals surface area contributed by atoms with Gasteiger partial charge in [-0.15, -0.1) is 0 Å². The number of carbonyl (C=O) groups is 1. The molecule has 2 fully saturated rings. The van der Waals surface area contributed by atoms with E-state index in [0.29, 0.717) is 0 Å². The van der Waals surface area contributed by atoms with Crippen molar-refractivity contribution in [2.75, 3.05) is 26.3 Å². The molecule has 0 aromatic carbocycles. The van der Waals surface area contributed by atoms with Crippen LogP contribution in [0, 0.1) is 5.41 Å². The first-order valence-corrected chi connectivity index (χ1v) is 4.25. The lowest BCUT2D eigenvalue weighted by Crippen LogP contribution is -2.30. The average molecular weight is 199 g/mol. The summed E-state index contributed by atoms with van der Waals surface area (Å²) in [7, 11) is 0. The fourth-order valence-corrected chi connectivity index (χ4v) is 0.876. The molecule has 2 saturated heterocycles. The molecule has 0 unspecified atom stereocenters. The minimum Gasteiger partial charge on any atom is -0.407 e. The number of alkyl carbamates (subject to hydrolysis) is 1. The molecule has 0 radical (unpaired) electrons. The number of hydrogen-bond donors (Lipinski definition) is 3. The highest BCUT2D eigenvalue weighted by atomic mass is 16.6. The van der Waals surface area contributed by atoms with Gasteiger partial charge in [0.2, 0.25) is 0 Å². The number of cyclic esters (lactones) is 1. The van der Waals surface area contributed by atoms with E-state index in [1.807, 2.05) is 0 Å². The highest BCUT2D eigenvalue weighted by Crippen LogP contribution is 2.01. The van der Waals surface area contributed by atoms with Crippen LogP contribution in [0.25, 0.3) is 0 Å². The van der Waals surface area contributed by atoms with Crippen LogP contribution in [-0.2, 0) is 9.47 Å². The van der Waals surface area contributed by atoms with E-state index >= 15 is 0 Å². The zero-order chi connectivity index (χ0) is 10.4. The summed E-state index contributed by atoms with van der Waals surface area (Å²) in [5.41, 5.74) is 0. The first-order valence-electron chi connectivity index (χ1n) is 4.25. The van der Waals surface area contributed by atoms with Gasteiger partial charge in [0, 0.05) is 13.1 Å². The van der Waals surface area contributed by atoms with E-state index in [1.54, 1.807) is 0 Å². The zero-order valence-electron chi connectivity index (χ0n) is 7.76. The van der Waals surface area contributed by atoms with Crippen molar-refractivity contribution >= 4 is 11.9 Å². The summed E-state index contributed by atoms with van der Waals surface area (Å²) in [5, 5.41) is 12.1. The van der Waals surface area contributed by atoms with E-state index in [4.69, 9.17) is 10.1 Å². The number of amidine groups is 1. The van der Waals surface area contributed by atoms with Gasteiger partial charge in [-0.1, -0.05) is 6.58 Å². The minimum absolute atomic E-state index is 0.0602. The van der Waals surface area contributed by atoms with Gasteiger partial charge in [0.05, 0.1) is 13.2 Å². The van der Waals surface area contributed by atoms with Crippen LogP contribution in [0.5, 0.6) is 0 Å². The highest BCUT2D eigenvalue weighted by molar-refractivity contribution is 6.08. The number of nitrogens with one attached hydrogen (secondary N) is 3. The summed E-state index contributed by atoms with van der Waals surface area (Å²) in [5.74, 6) is 0.0185. The van der Waals surface area contributed by atoms with Crippen LogP contribution in [0.15, 0.2) is 12.3 Å². The molecule has 0 spiro atoms. The van der Waals surface area contributed by atoms with Crippen molar-refractivity contribution in [2.24, 2.45) is 0 Å². The summed E-state index contributed by atoms with van der Waals surface area (Å²) in [6.45, 7) is 7.09. The van der Waals surface area contributed by atoms with E-state index in [0.717, 1.165) is 26.3 Å². The van der Waals surface area contributed by atoms with E-state index in [2.05, 4.69) is 21.9 Å². The molecule has 0 bridgehead atoms. The van der Waals surface area contributed by atoms with Crippen LogP contribution in [0.4, 0.5) is 4.79 Å². The topological polar surface area (TPSA) is 83.4 Å². The lowest BCUT2D eigenvalue weighted by atomic mass is 10.5. The first-order chi connectivity index (χ1) is 6.70. The molecule has 2 heterocycles. The second kappa shape index (κ2) is 5.36. The normalized spacial score (nSPS) is 20.7. The average Bonchev–Trinajstić information content (AvgIpc) is 2.48. The Labute approximate surface area is 81.8 Å². The quantitative estimate of drug-likeness (QED) is 0.505. The Morgan fingerprint density at radius 2 is 2.00 bits per heavy atom. The third-order valence-electron chi connectivity index (χ3n) is 1.57. The van der Waals surface area contributed by atoms with Gasteiger partial charge in [-0.2, -0.15) is 0 Å². The van der Waals surface area contributed by atoms with Gasteiger partial charge in [0.15, 0.2) is 11.6 Å². The molecule has 6 heteroatoms. The number of carbonyl (C=O) groups excluding carboxylic acids is 1. The van der Waals surface area contributed by atoms with Crippen LogP contribution in [0.1, 0.15) is 0 Å². The van der Waals surface area contributed by atoms with Crippen LogP contribution < -0.4 is 10.6 Å². The molecule has 2 aliphatic rings. The Morgan fingerprint density at radius 1 is 1.36 bits per heavy atom. The van der Waals surface area contributed by atoms with Crippen molar-refractivity contribution in [1.82, 2.24) is 10.6 Å². The third kappa shape index (κ3) is 3.55. The molecule has 6 nitrogen and oxygen atoms in total. The van der Waals surface area contributed by atoms with Gasteiger partial charge in [0.25, 0.3) is 0 Å². The summed E-state index contributed by atoms with van der Waals surface area (Å²) in [6, 6.07) is 0. The van der Waals surface area contributed by atoms with E-state index in [1.165, 1.54) is 0 Å². The molecule has 1 amide bonds. The molecule has 14 heavy (non-hydrogen) atoms. The first kappa shape index (κ1) is 10.7. The van der Waals surface area contributed by atoms with Gasteiger partial charge in [-0.05, 0) is 0 Å². The fourth-order valence-electron chi connectivity index (χ4n) is 0.876. The maximum atomic E-state index is 10.1. The number of morpholine rings is 1. The molecule has 0 aromatic heterocycles. The Balaban J connectivity index is 0.000000146. The Bertz CT molecular complexity index is 219. The minimum atomic E-state index is -0.625. The molecule has 3 N–H and O–H groups in total. The largest absolute Gasteiger partial charge is 0.418 e. The van der Waals surface area contributed by atoms with Crippen molar-refractivity contribution in [3.05, 3.63) is 12.3 Å². The number of hydrogen-bond acceptors (Lipinski definition) is 5. The molecular formula is C8H13N3O3. The van der Waals surface area contributed by atoms with Crippen molar-refractivity contribution in [1.29, 1.82) is 5.41 Å². The summed E-state index contributed by atoms with van der Waals surface area (Å²) < 4.78 is 9.31. The SMILES string of the molecule is C1COCCN1.C=C1OC(=O)NC1=N. The highest BCUT2D eigenvalue weighted by Gasteiger charge is 2.19. The molecule has 0 atom stereocenters. The Morgan fingerprint density at radius 3 is 2.14 bits per heavy atom. The van der Waals surface area contributed by atoms with Crippen molar-refractivity contribution < 1.29 is 14.3 Å². The summed E-state index contributed by atoms with van der Waals surface area (Å²) >= 11 is 0. The number of amides is 1. The van der Waals surface area contributed by atoms with Crippen LogP contribution in [0.3, 0.4) is 0 Å². The molecule has 2 aliphatic heterocycles. The molecule has 78 valence electrons. The van der Waals surface area contributed by atoms with Crippen molar-refractivity contribution in [3.8, 4) is 0 Å². The lowest BCUT2D eigenvalue weighted by Gasteiger charge is -2.10. The monoisotopic (exact) mass is 199 g/mol. The second-order valence-corrected chi connectivity index (χ2v) is 2.68. The molecule has 0 saturated carbocycles. The van der Waals surface area contributed by atoms with Crippen LogP contribution >= 0.6 is 0 Å². The van der Waals surface area contributed by atoms with E-state index in [9.17, 15) is 4.79 Å². The molecule has 0 aromatic rings. The van der Waals surface area contributed by atoms with E-state index in [-0.39, 0.29) is 11.6 Å². The van der Waals surface area contributed by atoms with Gasteiger partial charge in [-0.25, -0.2) is 4.79 Å². The maximum absolute atomic E-state index is 10.1. The van der Waals surface area contributed by atoms with Gasteiger partial charge < -0.3 is 14.8 Å². The van der Waals surface area contributed by atoms with Crippen LogP contribution in [-0.4, -0.2) is 38.2 Å². The molecular weight excluding hydrogens is 186 g/mol. The fraction of sp³-hybridized carbons (Fsp3) is 0.500. The van der Waals surface area contributed by atoms with Crippen molar-refractivity contribution in [2.45, 2.75) is 0 Å². The second-order valence-electron chi connectivity index (χ2n) is 2.68. The zero-order valence-corrected chi connectivity index (χ0v) is 7.76. The number of rotatable bonds is 0. The van der Waals surface area contributed by atoms with Gasteiger partial charge in [-0.3, -0.25) is 10.7 Å². The maximum Gasteiger partial charge on any atom is 0.418 e. The smallest absolute Gasteiger partial charge is 0.407 e. The van der Waals surface area contributed by atoms with E-state index < -0.39 is 6.09 Å². The van der Waals surface area contributed by atoms with Gasteiger partial charge >= 0.3 is 6.09 Å². The molecule has 2 rings (SSSR count). The van der Waals surface area contributed by atoms with Crippen molar-refractivity contribution in [3.63, 3.8) is 0 Å². The third-order valence-corrected chi connectivity index (χ3v) is 1.57. The van der Waals surface area contributed by atoms with Gasteiger partial charge in [0.1, 0.15) is 0 Å². The standard InChI is InChI=1S/C4H4N2O2.C4H9NO/c1-2-3(5)6-4(7)8-2;1-3-6-4-2-5-1/h1H2,(H2,5,6,7);5H,1-4H2. The Kier molecular flexibility index (Phi) is 4.09. The predicted octanol–water partition coefficient (Wildman–Crippen LogP) is -0.177. The lowest BCUT2D eigenvalue weighted by molar-refractivity contribution is 0.109. The predicted molar refractivity (Wildman–Crippen MR) is 50.2 cm³/mol. The van der Waals surface area contributed by atoms with Crippen LogP contribution in [0.2, 0.25) is 0 Å². The summed E-state index contributed by atoms with van der Waals surface area (Å²) in [6.07, 6.45) is -0.625. The Hall–Kier alpha value is -1.40. The number of ether oxygens (including phenoxy) is 2. The molecule has 0 aliphatic carbocycles.